The molecule has 21 heavy (non-hydrogen) atoms. The highest BCUT2D eigenvalue weighted by atomic mass is 16.7. The lowest BCUT2D eigenvalue weighted by molar-refractivity contribution is -0.266. The van der Waals surface area contributed by atoms with E-state index in [1.807, 2.05) is 0 Å². The summed E-state index contributed by atoms with van der Waals surface area (Å²) in [5, 5.41) is 9.33. The van der Waals surface area contributed by atoms with Crippen molar-refractivity contribution < 1.29 is 38.4 Å². The van der Waals surface area contributed by atoms with Gasteiger partial charge in [0.1, 0.15) is 12.1 Å². The smallest absolute Gasteiger partial charge is 0.304 e. The molecule has 0 amide bonds. The summed E-state index contributed by atoms with van der Waals surface area (Å²) < 4.78 is 20.2. The molecule has 1 heterocycles. The maximum absolute atomic E-state index is 11.2. The number of carbonyl (C=O) groups excluding carboxylic acids is 3. The molecule has 0 aromatic rings. The van der Waals surface area contributed by atoms with Crippen molar-refractivity contribution >= 4 is 17.9 Å². The van der Waals surface area contributed by atoms with Crippen molar-refractivity contribution in [1.82, 2.24) is 0 Å². The Balaban J connectivity index is 3.01. The summed E-state index contributed by atoms with van der Waals surface area (Å²) in [6, 6.07) is -1.06. The average Bonchev–Trinajstić information content (AvgIpc) is 2.35. The second-order valence-electron chi connectivity index (χ2n) is 4.56. The SMILES string of the molecule is CC(=O)OC1C(N)[C@H](OC(C)=O)OC(CO)[C@H]1OC(C)=O. The summed E-state index contributed by atoms with van der Waals surface area (Å²) in [5.41, 5.74) is 5.85. The molecule has 1 fully saturated rings. The monoisotopic (exact) mass is 305 g/mol. The number of carbonyl (C=O) groups is 3. The van der Waals surface area contributed by atoms with Crippen LogP contribution in [-0.2, 0) is 33.3 Å². The van der Waals surface area contributed by atoms with Crippen LogP contribution in [0.5, 0.6) is 0 Å². The molecular formula is C12H19NO8. The van der Waals surface area contributed by atoms with E-state index in [1.165, 1.54) is 0 Å². The van der Waals surface area contributed by atoms with Crippen LogP contribution in [0.4, 0.5) is 0 Å². The van der Waals surface area contributed by atoms with Gasteiger partial charge in [-0.05, 0) is 0 Å². The average molecular weight is 305 g/mol. The summed E-state index contributed by atoms with van der Waals surface area (Å²) >= 11 is 0. The Kier molecular flexibility index (Phi) is 6.06. The Hall–Kier alpha value is -1.71. The van der Waals surface area contributed by atoms with Crippen molar-refractivity contribution in [2.45, 2.75) is 51.4 Å². The van der Waals surface area contributed by atoms with Crippen molar-refractivity contribution in [2.24, 2.45) is 5.73 Å². The van der Waals surface area contributed by atoms with E-state index < -0.39 is 55.2 Å². The van der Waals surface area contributed by atoms with E-state index in [9.17, 15) is 19.5 Å². The van der Waals surface area contributed by atoms with Gasteiger partial charge in [-0.3, -0.25) is 14.4 Å². The lowest BCUT2D eigenvalue weighted by Gasteiger charge is -2.42. The van der Waals surface area contributed by atoms with Gasteiger partial charge in [0, 0.05) is 20.8 Å². The van der Waals surface area contributed by atoms with Gasteiger partial charge in [0.2, 0.25) is 6.29 Å². The van der Waals surface area contributed by atoms with Crippen LogP contribution < -0.4 is 5.73 Å². The zero-order valence-electron chi connectivity index (χ0n) is 12.0. The van der Waals surface area contributed by atoms with Gasteiger partial charge < -0.3 is 29.8 Å². The van der Waals surface area contributed by atoms with E-state index in [0.29, 0.717) is 0 Å². The molecule has 0 radical (unpaired) electrons. The molecule has 3 N–H and O–H groups in total. The van der Waals surface area contributed by atoms with Crippen molar-refractivity contribution in [1.29, 1.82) is 0 Å². The van der Waals surface area contributed by atoms with Gasteiger partial charge in [0.25, 0.3) is 0 Å². The molecule has 1 saturated heterocycles. The number of aliphatic hydroxyl groups excluding tert-OH is 1. The standard InChI is InChI=1S/C12H19NO8/c1-5(15)18-10-8(4-14)21-12(20-7(3)17)9(13)11(10)19-6(2)16/h8-12,14H,4,13H2,1-3H3/t8?,9?,10-,11?,12-/m1/s1. The van der Waals surface area contributed by atoms with E-state index in [2.05, 4.69) is 0 Å². The van der Waals surface area contributed by atoms with Crippen LogP contribution in [0.1, 0.15) is 20.8 Å². The van der Waals surface area contributed by atoms with Crippen molar-refractivity contribution in [3.05, 3.63) is 0 Å². The van der Waals surface area contributed by atoms with Gasteiger partial charge in [0.05, 0.1) is 6.61 Å². The maximum Gasteiger partial charge on any atom is 0.304 e. The van der Waals surface area contributed by atoms with Crippen LogP contribution in [-0.4, -0.2) is 60.3 Å². The first-order valence-corrected chi connectivity index (χ1v) is 6.29. The first-order chi connectivity index (χ1) is 9.76. The van der Waals surface area contributed by atoms with Gasteiger partial charge in [-0.1, -0.05) is 0 Å². The topological polar surface area (TPSA) is 134 Å². The number of hydrogen-bond donors (Lipinski definition) is 2. The third-order valence-electron chi connectivity index (χ3n) is 2.76. The molecule has 120 valence electrons. The summed E-state index contributed by atoms with van der Waals surface area (Å²) in [6.07, 6.45) is -4.47. The van der Waals surface area contributed by atoms with Crippen LogP contribution in [0, 0.1) is 0 Å². The minimum atomic E-state index is -1.23. The number of aliphatic hydroxyl groups is 1. The van der Waals surface area contributed by atoms with E-state index in [-0.39, 0.29) is 0 Å². The van der Waals surface area contributed by atoms with Crippen LogP contribution >= 0.6 is 0 Å². The molecule has 0 aromatic heterocycles. The third kappa shape index (κ3) is 4.66. The van der Waals surface area contributed by atoms with Crippen LogP contribution in [0.15, 0.2) is 0 Å². The molecule has 9 nitrogen and oxygen atoms in total. The van der Waals surface area contributed by atoms with Crippen LogP contribution in [0.2, 0.25) is 0 Å². The Labute approximate surface area is 121 Å². The molecule has 1 aliphatic rings. The van der Waals surface area contributed by atoms with Crippen LogP contribution in [0.3, 0.4) is 0 Å². The first-order valence-electron chi connectivity index (χ1n) is 6.29. The van der Waals surface area contributed by atoms with Gasteiger partial charge in [0.15, 0.2) is 12.2 Å². The third-order valence-corrected chi connectivity index (χ3v) is 2.76. The van der Waals surface area contributed by atoms with Gasteiger partial charge >= 0.3 is 17.9 Å². The van der Waals surface area contributed by atoms with Crippen molar-refractivity contribution in [2.75, 3.05) is 6.61 Å². The predicted octanol–water partition coefficient (Wildman–Crippen LogP) is -1.54. The molecule has 0 bridgehead atoms. The molecule has 5 atom stereocenters. The lowest BCUT2D eigenvalue weighted by atomic mass is 9.97. The normalized spacial score (nSPS) is 32.1. The van der Waals surface area contributed by atoms with Gasteiger partial charge in [-0.15, -0.1) is 0 Å². The Morgan fingerprint density at radius 3 is 1.90 bits per heavy atom. The van der Waals surface area contributed by atoms with E-state index in [0.717, 1.165) is 20.8 Å². The van der Waals surface area contributed by atoms with Gasteiger partial charge in [-0.25, -0.2) is 0 Å². The van der Waals surface area contributed by atoms with Gasteiger partial charge in [-0.2, -0.15) is 0 Å². The highest BCUT2D eigenvalue weighted by Crippen LogP contribution is 2.26. The number of nitrogens with two attached hydrogens (primary N) is 1. The molecular weight excluding hydrogens is 286 g/mol. The summed E-state index contributed by atoms with van der Waals surface area (Å²) in [5.74, 6) is -1.97. The molecule has 0 aromatic carbocycles. The number of ether oxygens (including phenoxy) is 4. The fourth-order valence-corrected chi connectivity index (χ4v) is 2.01. The first kappa shape index (κ1) is 17.3. The lowest BCUT2D eigenvalue weighted by Crippen LogP contribution is -2.64. The Morgan fingerprint density at radius 1 is 1.00 bits per heavy atom. The second-order valence-corrected chi connectivity index (χ2v) is 4.56. The summed E-state index contributed by atoms with van der Waals surface area (Å²) in [4.78, 5) is 33.4. The Bertz CT molecular complexity index is 412. The zero-order valence-corrected chi connectivity index (χ0v) is 12.0. The second kappa shape index (κ2) is 7.34. The summed E-state index contributed by atoms with van der Waals surface area (Å²) in [7, 11) is 0. The van der Waals surface area contributed by atoms with Crippen LogP contribution in [0.25, 0.3) is 0 Å². The molecule has 1 rings (SSSR count). The molecule has 3 unspecified atom stereocenters. The maximum atomic E-state index is 11.2. The van der Waals surface area contributed by atoms with E-state index in [1.54, 1.807) is 0 Å². The molecule has 0 aliphatic carbocycles. The quantitative estimate of drug-likeness (QED) is 0.468. The predicted molar refractivity (Wildman–Crippen MR) is 66.6 cm³/mol. The van der Waals surface area contributed by atoms with E-state index in [4.69, 9.17) is 24.7 Å². The fourth-order valence-electron chi connectivity index (χ4n) is 2.01. The van der Waals surface area contributed by atoms with Crippen molar-refractivity contribution in [3.63, 3.8) is 0 Å². The van der Waals surface area contributed by atoms with E-state index >= 15 is 0 Å². The number of rotatable bonds is 4. The Morgan fingerprint density at radius 2 is 1.48 bits per heavy atom. The minimum Gasteiger partial charge on any atom is -0.457 e. The number of hydrogen-bond acceptors (Lipinski definition) is 9. The zero-order chi connectivity index (χ0) is 16.2. The highest BCUT2D eigenvalue weighted by molar-refractivity contribution is 5.68. The summed E-state index contributed by atoms with van der Waals surface area (Å²) in [6.45, 7) is 2.92. The largest absolute Gasteiger partial charge is 0.457 e. The molecule has 0 spiro atoms. The van der Waals surface area contributed by atoms with Crippen molar-refractivity contribution in [3.8, 4) is 0 Å². The molecule has 9 heteroatoms. The minimum absolute atomic E-state index is 0.541. The molecule has 1 aliphatic heterocycles. The highest BCUT2D eigenvalue weighted by Gasteiger charge is 2.49. The number of esters is 3. The molecule has 0 saturated carbocycles. The fraction of sp³-hybridized carbons (Fsp3) is 0.750.